The van der Waals surface area contributed by atoms with Crippen molar-refractivity contribution < 1.29 is 27.4 Å². The highest BCUT2D eigenvalue weighted by Gasteiger charge is 2.50. The second-order valence-electron chi connectivity index (χ2n) is 10.4. The highest BCUT2D eigenvalue weighted by atomic mass is 32.2. The zero-order valence-corrected chi connectivity index (χ0v) is 24.7. The molecule has 0 aliphatic carbocycles. The van der Waals surface area contributed by atoms with Crippen molar-refractivity contribution in [3.63, 3.8) is 0 Å². The molecule has 4 atom stereocenters. The molecule has 0 amide bonds. The maximum atomic E-state index is 13.8. The second-order valence-corrected chi connectivity index (χ2v) is 12.4. The van der Waals surface area contributed by atoms with E-state index < -0.39 is 34.6 Å². The summed E-state index contributed by atoms with van der Waals surface area (Å²) in [6.07, 6.45) is -2.82. The highest BCUT2D eigenvalue weighted by molar-refractivity contribution is 7.89. The number of hydrogen-bond acceptors (Lipinski definition) is 6. The molecule has 0 bridgehead atoms. The zero-order valence-electron chi connectivity index (χ0n) is 23.9. The van der Waals surface area contributed by atoms with Crippen LogP contribution < -0.4 is 0 Å². The largest absolute Gasteiger partial charge is 0.374 e. The Balaban J connectivity index is 1.42. The zero-order chi connectivity index (χ0) is 29.4. The lowest BCUT2D eigenvalue weighted by molar-refractivity contribution is -0.0931. The van der Waals surface area contributed by atoms with Gasteiger partial charge >= 0.3 is 0 Å². The molecule has 1 aliphatic heterocycles. The summed E-state index contributed by atoms with van der Waals surface area (Å²) in [7, 11) is -2.37. The van der Waals surface area contributed by atoms with Crippen LogP contribution in [0, 0.1) is 6.92 Å². The van der Waals surface area contributed by atoms with Crippen LogP contribution >= 0.6 is 0 Å². The predicted molar refractivity (Wildman–Crippen MR) is 161 cm³/mol. The van der Waals surface area contributed by atoms with Crippen molar-refractivity contribution in [2.45, 2.75) is 56.2 Å². The SMILES string of the molecule is Cc1ccc(S(=O)(=O)N(C)[C@@H]2O[C@H](COCc3ccccc3)[C@@H](OCc3ccccc3)[C@H]2OCc2ccccc2)cc1. The second kappa shape index (κ2) is 14.2. The molecule has 0 spiro atoms. The molecule has 0 saturated carbocycles. The average molecular weight is 588 g/mol. The van der Waals surface area contributed by atoms with E-state index in [0.717, 1.165) is 22.3 Å². The number of ether oxygens (including phenoxy) is 4. The van der Waals surface area contributed by atoms with E-state index >= 15 is 0 Å². The van der Waals surface area contributed by atoms with E-state index in [1.807, 2.05) is 97.9 Å². The standard InChI is InChI=1S/C34H37NO6S/c1-26-18-20-30(21-19-26)42(36,37)35(2)34-33(40-24-29-16-10-5-11-17-29)32(39-23-28-14-8-4-9-15-28)31(41-34)25-38-22-27-12-6-3-7-13-27/h3-21,31-34H,22-25H2,1-2H3/t31-,32-,33-,34-/m1/s1. The molecule has 42 heavy (non-hydrogen) atoms. The van der Waals surface area contributed by atoms with Gasteiger partial charge in [0.15, 0.2) is 6.23 Å². The average Bonchev–Trinajstić information content (AvgIpc) is 3.37. The van der Waals surface area contributed by atoms with Gasteiger partial charge in [-0.3, -0.25) is 0 Å². The van der Waals surface area contributed by atoms with Crippen molar-refractivity contribution in [2.75, 3.05) is 13.7 Å². The van der Waals surface area contributed by atoms with Gasteiger partial charge in [-0.05, 0) is 35.7 Å². The van der Waals surface area contributed by atoms with Crippen LogP contribution in [-0.4, -0.2) is 50.9 Å². The van der Waals surface area contributed by atoms with Crippen LogP contribution in [-0.2, 0) is 48.8 Å². The molecule has 220 valence electrons. The summed E-state index contributed by atoms with van der Waals surface area (Å²) in [6.45, 7) is 3.10. The number of aryl methyl sites for hydroxylation is 1. The Morgan fingerprint density at radius 2 is 1.14 bits per heavy atom. The van der Waals surface area contributed by atoms with Gasteiger partial charge in [0.1, 0.15) is 18.3 Å². The molecular weight excluding hydrogens is 550 g/mol. The smallest absolute Gasteiger partial charge is 0.245 e. The molecule has 0 radical (unpaired) electrons. The number of likely N-dealkylation sites (N-methyl/N-ethyl adjacent to an activating group) is 1. The summed E-state index contributed by atoms with van der Waals surface area (Å²) in [5.74, 6) is 0. The quantitative estimate of drug-likeness (QED) is 0.199. The van der Waals surface area contributed by atoms with Gasteiger partial charge in [0.2, 0.25) is 10.0 Å². The van der Waals surface area contributed by atoms with Crippen molar-refractivity contribution in [1.82, 2.24) is 4.31 Å². The molecule has 1 aliphatic rings. The first-order valence-electron chi connectivity index (χ1n) is 14.0. The fraction of sp³-hybridized carbons (Fsp3) is 0.294. The molecule has 0 aromatic heterocycles. The third-order valence-corrected chi connectivity index (χ3v) is 9.14. The molecule has 4 aromatic rings. The van der Waals surface area contributed by atoms with Crippen LogP contribution in [0.5, 0.6) is 0 Å². The van der Waals surface area contributed by atoms with Crippen LogP contribution in [0.4, 0.5) is 0 Å². The van der Waals surface area contributed by atoms with Crippen molar-refractivity contribution in [2.24, 2.45) is 0 Å². The van der Waals surface area contributed by atoms with Gasteiger partial charge < -0.3 is 18.9 Å². The predicted octanol–water partition coefficient (Wildman–Crippen LogP) is 5.73. The Bertz CT molecular complexity index is 1480. The number of nitrogens with zero attached hydrogens (tertiary/aromatic N) is 1. The lowest BCUT2D eigenvalue weighted by Gasteiger charge is -2.29. The highest BCUT2D eigenvalue weighted by Crippen LogP contribution is 2.33. The summed E-state index contributed by atoms with van der Waals surface area (Å²) in [6, 6.07) is 36.3. The van der Waals surface area contributed by atoms with E-state index in [1.165, 1.54) is 11.4 Å². The van der Waals surface area contributed by atoms with E-state index in [0.29, 0.717) is 13.2 Å². The van der Waals surface area contributed by atoms with Gasteiger partial charge in [0.05, 0.1) is 31.3 Å². The van der Waals surface area contributed by atoms with Gasteiger partial charge in [0.25, 0.3) is 0 Å². The van der Waals surface area contributed by atoms with E-state index in [9.17, 15) is 8.42 Å². The molecular formula is C34H37NO6S. The summed E-state index contributed by atoms with van der Waals surface area (Å²) in [4.78, 5) is 0.187. The Morgan fingerprint density at radius 3 is 1.67 bits per heavy atom. The number of benzene rings is 4. The number of rotatable bonds is 13. The first-order valence-corrected chi connectivity index (χ1v) is 15.5. The fourth-order valence-corrected chi connectivity index (χ4v) is 6.18. The van der Waals surface area contributed by atoms with Crippen LogP contribution in [0.15, 0.2) is 120 Å². The molecule has 4 aromatic carbocycles. The summed E-state index contributed by atoms with van der Waals surface area (Å²) < 4.78 is 54.2. The lowest BCUT2D eigenvalue weighted by atomic mass is 10.1. The first kappa shape index (κ1) is 30.1. The number of hydrogen-bond donors (Lipinski definition) is 0. The van der Waals surface area contributed by atoms with Crippen LogP contribution in [0.25, 0.3) is 0 Å². The normalized spacial score (nSPS) is 20.6. The van der Waals surface area contributed by atoms with E-state index in [4.69, 9.17) is 18.9 Å². The fourth-order valence-electron chi connectivity index (χ4n) is 4.93. The maximum Gasteiger partial charge on any atom is 0.245 e. The Kier molecular flexibility index (Phi) is 10.2. The van der Waals surface area contributed by atoms with Crippen LogP contribution in [0.2, 0.25) is 0 Å². The lowest BCUT2D eigenvalue weighted by Crippen LogP contribution is -2.47. The Labute approximate surface area is 248 Å². The Hall–Kier alpha value is -3.37. The molecule has 1 saturated heterocycles. The van der Waals surface area contributed by atoms with Crippen molar-refractivity contribution in [3.05, 3.63) is 138 Å². The molecule has 5 rings (SSSR count). The van der Waals surface area contributed by atoms with Gasteiger partial charge in [-0.1, -0.05) is 109 Å². The van der Waals surface area contributed by atoms with Gasteiger partial charge in [-0.2, -0.15) is 4.31 Å². The van der Waals surface area contributed by atoms with Crippen LogP contribution in [0.1, 0.15) is 22.3 Å². The molecule has 0 unspecified atom stereocenters. The van der Waals surface area contributed by atoms with E-state index in [-0.39, 0.29) is 18.1 Å². The van der Waals surface area contributed by atoms with Gasteiger partial charge in [0, 0.05) is 7.05 Å². The van der Waals surface area contributed by atoms with Gasteiger partial charge in [-0.15, -0.1) is 0 Å². The third-order valence-electron chi connectivity index (χ3n) is 7.31. The number of sulfonamides is 1. The molecule has 1 fully saturated rings. The van der Waals surface area contributed by atoms with E-state index in [1.54, 1.807) is 24.3 Å². The topological polar surface area (TPSA) is 74.3 Å². The molecule has 1 heterocycles. The first-order chi connectivity index (χ1) is 20.4. The summed E-state index contributed by atoms with van der Waals surface area (Å²) in [5, 5.41) is 0. The van der Waals surface area contributed by atoms with Gasteiger partial charge in [-0.25, -0.2) is 8.42 Å². The molecule has 7 nitrogen and oxygen atoms in total. The molecule has 0 N–H and O–H groups in total. The monoisotopic (exact) mass is 587 g/mol. The minimum atomic E-state index is -3.90. The Morgan fingerprint density at radius 1 is 0.667 bits per heavy atom. The third kappa shape index (κ3) is 7.52. The minimum absolute atomic E-state index is 0.187. The van der Waals surface area contributed by atoms with Crippen molar-refractivity contribution in [1.29, 1.82) is 0 Å². The summed E-state index contributed by atoms with van der Waals surface area (Å²) in [5.41, 5.74) is 3.96. The minimum Gasteiger partial charge on any atom is -0.374 e. The maximum absolute atomic E-state index is 13.8. The van der Waals surface area contributed by atoms with E-state index in [2.05, 4.69) is 0 Å². The molecule has 8 heteroatoms. The van der Waals surface area contributed by atoms with Crippen LogP contribution in [0.3, 0.4) is 0 Å². The van der Waals surface area contributed by atoms with Crippen molar-refractivity contribution in [3.8, 4) is 0 Å². The summed E-state index contributed by atoms with van der Waals surface area (Å²) >= 11 is 0. The van der Waals surface area contributed by atoms with Crippen molar-refractivity contribution >= 4 is 10.0 Å².